The molecular weight excluding hydrogens is 244 g/mol. The summed E-state index contributed by atoms with van der Waals surface area (Å²) < 4.78 is 5.62. The van der Waals surface area contributed by atoms with Crippen molar-refractivity contribution in [2.24, 2.45) is 0 Å². The summed E-state index contributed by atoms with van der Waals surface area (Å²) in [7, 11) is 0. The van der Waals surface area contributed by atoms with Gasteiger partial charge in [0.1, 0.15) is 11.5 Å². The Morgan fingerprint density at radius 1 is 1.50 bits per heavy atom. The molecule has 0 spiro atoms. The molecule has 0 fully saturated rings. The van der Waals surface area contributed by atoms with Crippen molar-refractivity contribution in [2.45, 2.75) is 38.4 Å². The summed E-state index contributed by atoms with van der Waals surface area (Å²) >= 11 is 3.31. The molecule has 1 rings (SSSR count). The summed E-state index contributed by atoms with van der Waals surface area (Å²) in [5.74, 6) is 1.64. The number of alkyl halides is 1. The average molecular weight is 259 g/mol. The highest BCUT2D eigenvalue weighted by Crippen LogP contribution is 2.28. The Balaban J connectivity index is 3.20. The van der Waals surface area contributed by atoms with Gasteiger partial charge in [-0.3, -0.25) is 4.79 Å². The van der Waals surface area contributed by atoms with Gasteiger partial charge < -0.3 is 4.42 Å². The minimum absolute atomic E-state index is 0.0510. The predicted octanol–water partition coefficient (Wildman–Crippen LogP) is 3.67. The first-order chi connectivity index (χ1) is 6.36. The van der Waals surface area contributed by atoms with E-state index in [0.717, 1.165) is 11.5 Å². The van der Waals surface area contributed by atoms with E-state index in [1.807, 2.05) is 6.07 Å². The number of carbonyl (C=O) groups is 1. The van der Waals surface area contributed by atoms with Gasteiger partial charge in [0, 0.05) is 5.41 Å². The molecule has 1 heterocycles. The van der Waals surface area contributed by atoms with E-state index >= 15 is 0 Å². The molecule has 3 heteroatoms. The third-order valence-corrected chi connectivity index (χ3v) is 2.56. The summed E-state index contributed by atoms with van der Waals surface area (Å²) in [5.41, 5.74) is 0.636. The number of hydrogen-bond donors (Lipinski definition) is 0. The molecule has 1 aromatic rings. The molecule has 1 aromatic heterocycles. The van der Waals surface area contributed by atoms with Crippen LogP contribution in [0.1, 0.15) is 49.6 Å². The van der Waals surface area contributed by atoms with Crippen molar-refractivity contribution in [2.75, 3.05) is 0 Å². The summed E-state index contributed by atoms with van der Waals surface area (Å²) in [6, 6.07) is 1.85. The molecule has 0 atom stereocenters. The van der Waals surface area contributed by atoms with Crippen LogP contribution in [0.4, 0.5) is 0 Å². The van der Waals surface area contributed by atoms with Gasteiger partial charge >= 0.3 is 0 Å². The maximum atomic E-state index is 11.3. The van der Waals surface area contributed by atoms with Gasteiger partial charge in [-0.05, 0) is 13.0 Å². The fourth-order valence-corrected chi connectivity index (χ4v) is 1.61. The summed E-state index contributed by atoms with van der Waals surface area (Å²) in [5, 5.41) is 0.581. The Morgan fingerprint density at radius 2 is 2.07 bits per heavy atom. The van der Waals surface area contributed by atoms with Gasteiger partial charge in [-0.25, -0.2) is 0 Å². The largest absolute Gasteiger partial charge is 0.464 e. The smallest absolute Gasteiger partial charge is 0.163 e. The van der Waals surface area contributed by atoms with Gasteiger partial charge in [0.2, 0.25) is 0 Å². The fourth-order valence-electron chi connectivity index (χ4n) is 1.20. The minimum Gasteiger partial charge on any atom is -0.464 e. The van der Waals surface area contributed by atoms with Crippen LogP contribution in [0.15, 0.2) is 10.5 Å². The van der Waals surface area contributed by atoms with E-state index in [1.54, 1.807) is 6.92 Å². The first kappa shape index (κ1) is 11.5. The highest BCUT2D eigenvalue weighted by molar-refractivity contribution is 9.08. The lowest BCUT2D eigenvalue weighted by Gasteiger charge is -2.13. The standard InChI is InChI=1S/C11H15BrO2/c1-7(13)8-5-10(11(2,3)4)14-9(8)6-12/h5H,6H2,1-4H3. The van der Waals surface area contributed by atoms with Crippen LogP contribution < -0.4 is 0 Å². The number of rotatable bonds is 2. The molecule has 0 N–H and O–H groups in total. The average Bonchev–Trinajstić information content (AvgIpc) is 2.45. The van der Waals surface area contributed by atoms with Crippen molar-refractivity contribution in [1.29, 1.82) is 0 Å². The second-order valence-corrected chi connectivity index (χ2v) is 4.95. The minimum atomic E-state index is -0.0510. The predicted molar refractivity (Wildman–Crippen MR) is 60.0 cm³/mol. The van der Waals surface area contributed by atoms with Crippen molar-refractivity contribution in [3.8, 4) is 0 Å². The van der Waals surface area contributed by atoms with E-state index in [1.165, 1.54) is 0 Å². The molecule has 0 amide bonds. The highest BCUT2D eigenvalue weighted by Gasteiger charge is 2.22. The van der Waals surface area contributed by atoms with Gasteiger partial charge in [0.05, 0.1) is 10.9 Å². The van der Waals surface area contributed by atoms with Crippen LogP contribution in [0.5, 0.6) is 0 Å². The lowest BCUT2D eigenvalue weighted by molar-refractivity contribution is 0.101. The van der Waals surface area contributed by atoms with Crippen molar-refractivity contribution < 1.29 is 9.21 Å². The van der Waals surface area contributed by atoms with Crippen LogP contribution in [-0.4, -0.2) is 5.78 Å². The molecule has 0 saturated heterocycles. The van der Waals surface area contributed by atoms with Crippen LogP contribution in [0.2, 0.25) is 0 Å². The summed E-state index contributed by atoms with van der Waals surface area (Å²) in [4.78, 5) is 11.3. The van der Waals surface area contributed by atoms with Gasteiger partial charge in [0.25, 0.3) is 0 Å². The van der Waals surface area contributed by atoms with E-state index in [-0.39, 0.29) is 11.2 Å². The molecule has 0 aliphatic carbocycles. The Bertz CT molecular complexity index is 345. The molecule has 0 aromatic carbocycles. The highest BCUT2D eigenvalue weighted by atomic mass is 79.9. The second kappa shape index (κ2) is 3.89. The molecule has 0 unspecified atom stereocenters. The number of furan rings is 1. The van der Waals surface area contributed by atoms with E-state index in [0.29, 0.717) is 10.9 Å². The normalized spacial score (nSPS) is 11.8. The molecule has 0 bridgehead atoms. The first-order valence-electron chi connectivity index (χ1n) is 4.56. The maximum Gasteiger partial charge on any atom is 0.163 e. The van der Waals surface area contributed by atoms with Crippen LogP contribution in [0.25, 0.3) is 0 Å². The second-order valence-electron chi connectivity index (χ2n) is 4.39. The number of carbonyl (C=O) groups excluding carboxylic acids is 1. The van der Waals surface area contributed by atoms with E-state index in [4.69, 9.17) is 4.42 Å². The van der Waals surface area contributed by atoms with Crippen LogP contribution in [0.3, 0.4) is 0 Å². The lowest BCUT2D eigenvalue weighted by atomic mass is 9.93. The van der Waals surface area contributed by atoms with Gasteiger partial charge in [0.15, 0.2) is 5.78 Å². The Labute approximate surface area is 92.8 Å². The quantitative estimate of drug-likeness (QED) is 0.599. The summed E-state index contributed by atoms with van der Waals surface area (Å²) in [6.45, 7) is 7.75. The number of halogens is 1. The van der Waals surface area contributed by atoms with Crippen molar-refractivity contribution in [1.82, 2.24) is 0 Å². The maximum absolute atomic E-state index is 11.3. The Hall–Kier alpha value is -0.570. The first-order valence-corrected chi connectivity index (χ1v) is 5.68. The summed E-state index contributed by atoms with van der Waals surface area (Å²) in [6.07, 6.45) is 0. The SMILES string of the molecule is CC(=O)c1cc(C(C)(C)C)oc1CBr. The van der Waals surface area contributed by atoms with E-state index in [9.17, 15) is 4.79 Å². The number of hydrogen-bond acceptors (Lipinski definition) is 2. The third-order valence-electron chi connectivity index (χ3n) is 2.05. The van der Waals surface area contributed by atoms with Gasteiger partial charge in [-0.2, -0.15) is 0 Å². The van der Waals surface area contributed by atoms with Gasteiger partial charge in [-0.15, -0.1) is 0 Å². The zero-order valence-electron chi connectivity index (χ0n) is 8.98. The van der Waals surface area contributed by atoms with Crippen LogP contribution in [0, 0.1) is 0 Å². The number of ketones is 1. The molecule has 0 radical (unpaired) electrons. The van der Waals surface area contributed by atoms with Crippen molar-refractivity contribution in [3.63, 3.8) is 0 Å². The topological polar surface area (TPSA) is 30.2 Å². The molecule has 0 aliphatic rings. The molecular formula is C11H15BrO2. The van der Waals surface area contributed by atoms with Crippen LogP contribution >= 0.6 is 15.9 Å². The molecule has 2 nitrogen and oxygen atoms in total. The van der Waals surface area contributed by atoms with E-state index < -0.39 is 0 Å². The van der Waals surface area contributed by atoms with Crippen LogP contribution in [-0.2, 0) is 10.7 Å². The van der Waals surface area contributed by atoms with Crippen molar-refractivity contribution >= 4 is 21.7 Å². The van der Waals surface area contributed by atoms with E-state index in [2.05, 4.69) is 36.7 Å². The zero-order valence-corrected chi connectivity index (χ0v) is 10.6. The molecule has 14 heavy (non-hydrogen) atoms. The molecule has 0 aliphatic heterocycles. The molecule has 0 saturated carbocycles. The van der Waals surface area contributed by atoms with Gasteiger partial charge in [-0.1, -0.05) is 36.7 Å². The monoisotopic (exact) mass is 258 g/mol. The zero-order chi connectivity index (χ0) is 10.9. The molecule has 78 valence electrons. The third kappa shape index (κ3) is 2.27. The van der Waals surface area contributed by atoms with Crippen molar-refractivity contribution in [3.05, 3.63) is 23.2 Å². The number of Topliss-reactive ketones (excluding diaryl/α,β-unsaturated/α-hetero) is 1. The Morgan fingerprint density at radius 3 is 2.36 bits per heavy atom. The fraction of sp³-hybridized carbons (Fsp3) is 0.545. The Kier molecular flexibility index (Phi) is 3.20. The lowest BCUT2D eigenvalue weighted by Crippen LogP contribution is -2.09.